The minimum Gasteiger partial charge on any atom is -0.503 e. The molecule has 0 aliphatic heterocycles. The zero-order chi connectivity index (χ0) is 16.9. The first kappa shape index (κ1) is 17.2. The molecule has 0 atom stereocenters. The molecule has 0 aliphatic carbocycles. The van der Waals surface area contributed by atoms with Crippen molar-refractivity contribution in [1.82, 2.24) is 15.0 Å². The third-order valence-corrected chi connectivity index (χ3v) is 5.47. The van der Waals surface area contributed by atoms with Crippen LogP contribution in [0.5, 0.6) is 11.5 Å². The second-order valence-corrected chi connectivity index (χ2v) is 7.36. The molecule has 124 valence electrons. The Morgan fingerprint density at radius 3 is 2.83 bits per heavy atom. The fraction of sp³-hybridized carbons (Fsp3) is 0.188. The highest BCUT2D eigenvalue weighted by molar-refractivity contribution is 9.10. The van der Waals surface area contributed by atoms with E-state index in [1.807, 2.05) is 18.4 Å². The standard InChI is InChI=1S/C16H14BrN3O2S2/c1-2-22-13-7-10(6-12(17)14(13)21)15-20-11(8-23-15)9-24-16-18-4-3-5-19-16/h3-8,21H,2,9H2,1H3. The molecule has 0 spiro atoms. The summed E-state index contributed by atoms with van der Waals surface area (Å²) < 4.78 is 6.06. The number of aromatic hydroxyl groups is 1. The molecule has 5 nitrogen and oxygen atoms in total. The molecule has 8 heteroatoms. The first-order valence-electron chi connectivity index (χ1n) is 7.17. The van der Waals surface area contributed by atoms with Crippen LogP contribution in [0.3, 0.4) is 0 Å². The van der Waals surface area contributed by atoms with Crippen LogP contribution in [0.25, 0.3) is 10.6 Å². The van der Waals surface area contributed by atoms with Gasteiger partial charge in [0.25, 0.3) is 0 Å². The third kappa shape index (κ3) is 4.06. The molecule has 0 saturated carbocycles. The smallest absolute Gasteiger partial charge is 0.187 e. The number of hydrogen-bond donors (Lipinski definition) is 1. The van der Waals surface area contributed by atoms with Gasteiger partial charge in [-0.3, -0.25) is 0 Å². The molecule has 3 rings (SSSR count). The number of nitrogens with zero attached hydrogens (tertiary/aromatic N) is 3. The number of halogens is 1. The lowest BCUT2D eigenvalue weighted by Crippen LogP contribution is -1.93. The summed E-state index contributed by atoms with van der Waals surface area (Å²) in [6.07, 6.45) is 3.45. The van der Waals surface area contributed by atoms with Crippen molar-refractivity contribution in [2.75, 3.05) is 6.61 Å². The van der Waals surface area contributed by atoms with Gasteiger partial charge in [0.2, 0.25) is 0 Å². The van der Waals surface area contributed by atoms with Gasteiger partial charge in [0.05, 0.1) is 16.8 Å². The molecule has 0 aliphatic rings. The summed E-state index contributed by atoms with van der Waals surface area (Å²) in [5.74, 6) is 1.26. The molecular formula is C16H14BrN3O2S2. The van der Waals surface area contributed by atoms with Crippen LogP contribution in [-0.4, -0.2) is 26.7 Å². The van der Waals surface area contributed by atoms with Crippen molar-refractivity contribution >= 4 is 39.0 Å². The van der Waals surface area contributed by atoms with E-state index < -0.39 is 0 Å². The normalized spacial score (nSPS) is 10.8. The molecule has 2 aromatic heterocycles. The molecule has 0 fully saturated rings. The van der Waals surface area contributed by atoms with E-state index in [1.165, 1.54) is 0 Å². The molecule has 1 N–H and O–H groups in total. The largest absolute Gasteiger partial charge is 0.503 e. The van der Waals surface area contributed by atoms with Crippen LogP contribution in [0.15, 0.2) is 45.6 Å². The third-order valence-electron chi connectivity index (χ3n) is 3.02. The number of benzene rings is 1. The second-order valence-electron chi connectivity index (χ2n) is 4.70. The topological polar surface area (TPSA) is 68.1 Å². The number of phenolic OH excluding ortho intramolecular Hbond substituents is 1. The Hall–Kier alpha value is -1.64. The van der Waals surface area contributed by atoms with Gasteiger partial charge < -0.3 is 9.84 Å². The molecule has 2 heterocycles. The second kappa shape index (κ2) is 7.96. The fourth-order valence-electron chi connectivity index (χ4n) is 1.97. The van der Waals surface area contributed by atoms with Gasteiger partial charge in [-0.1, -0.05) is 11.8 Å². The Morgan fingerprint density at radius 2 is 2.08 bits per heavy atom. The first-order chi connectivity index (χ1) is 11.7. The average Bonchev–Trinajstić information content (AvgIpc) is 3.07. The molecule has 0 radical (unpaired) electrons. The van der Waals surface area contributed by atoms with Gasteiger partial charge in [-0.25, -0.2) is 15.0 Å². The van der Waals surface area contributed by atoms with Crippen LogP contribution in [-0.2, 0) is 5.75 Å². The highest BCUT2D eigenvalue weighted by Gasteiger charge is 2.13. The lowest BCUT2D eigenvalue weighted by molar-refractivity contribution is 0.317. The minimum absolute atomic E-state index is 0.106. The van der Waals surface area contributed by atoms with Gasteiger partial charge in [0.15, 0.2) is 16.7 Å². The maximum atomic E-state index is 10.0. The Morgan fingerprint density at radius 1 is 1.29 bits per heavy atom. The Balaban J connectivity index is 1.78. The van der Waals surface area contributed by atoms with E-state index in [-0.39, 0.29) is 5.75 Å². The van der Waals surface area contributed by atoms with Crippen LogP contribution < -0.4 is 4.74 Å². The lowest BCUT2D eigenvalue weighted by Gasteiger charge is -2.09. The van der Waals surface area contributed by atoms with Crippen LogP contribution in [0.1, 0.15) is 12.6 Å². The first-order valence-corrected chi connectivity index (χ1v) is 9.83. The predicted octanol–water partition coefficient (Wildman–Crippen LogP) is 4.76. The summed E-state index contributed by atoms with van der Waals surface area (Å²) in [4.78, 5) is 13.0. The predicted molar refractivity (Wildman–Crippen MR) is 99.7 cm³/mol. The molecule has 0 amide bonds. The monoisotopic (exact) mass is 423 g/mol. The number of aromatic nitrogens is 3. The van der Waals surface area contributed by atoms with E-state index in [2.05, 4.69) is 30.9 Å². The summed E-state index contributed by atoms with van der Waals surface area (Å²) in [7, 11) is 0. The Labute approximate surface area is 156 Å². The van der Waals surface area contributed by atoms with Gasteiger partial charge in [0, 0.05) is 29.1 Å². The van der Waals surface area contributed by atoms with Crippen LogP contribution in [0.2, 0.25) is 0 Å². The van der Waals surface area contributed by atoms with Crippen molar-refractivity contribution in [1.29, 1.82) is 0 Å². The van der Waals surface area contributed by atoms with E-state index >= 15 is 0 Å². The van der Waals surface area contributed by atoms with Gasteiger partial charge in [-0.15, -0.1) is 11.3 Å². The molecule has 1 aromatic carbocycles. The van der Waals surface area contributed by atoms with Crippen molar-refractivity contribution in [2.24, 2.45) is 0 Å². The maximum Gasteiger partial charge on any atom is 0.187 e. The average molecular weight is 424 g/mol. The molecule has 0 saturated heterocycles. The van der Waals surface area contributed by atoms with Crippen LogP contribution in [0.4, 0.5) is 0 Å². The minimum atomic E-state index is 0.106. The van der Waals surface area contributed by atoms with Gasteiger partial charge in [-0.2, -0.15) is 0 Å². The van der Waals surface area contributed by atoms with E-state index in [0.29, 0.717) is 22.6 Å². The van der Waals surface area contributed by atoms with Gasteiger partial charge >= 0.3 is 0 Å². The van der Waals surface area contributed by atoms with Gasteiger partial charge in [0.1, 0.15) is 5.01 Å². The number of phenols is 1. The number of thiazole rings is 1. The zero-order valence-electron chi connectivity index (χ0n) is 12.8. The molecule has 24 heavy (non-hydrogen) atoms. The van der Waals surface area contributed by atoms with Crippen LogP contribution >= 0.6 is 39.0 Å². The maximum absolute atomic E-state index is 10.0. The number of hydrogen-bond acceptors (Lipinski definition) is 7. The van der Waals surface area contributed by atoms with Crippen molar-refractivity contribution in [3.63, 3.8) is 0 Å². The SMILES string of the molecule is CCOc1cc(-c2nc(CSc3ncccn3)cs2)cc(Br)c1O. The zero-order valence-corrected chi connectivity index (χ0v) is 16.0. The van der Waals surface area contributed by atoms with E-state index in [4.69, 9.17) is 4.74 Å². The summed E-state index contributed by atoms with van der Waals surface area (Å²) in [5.41, 5.74) is 1.87. The lowest BCUT2D eigenvalue weighted by atomic mass is 10.2. The molecule has 3 aromatic rings. The highest BCUT2D eigenvalue weighted by Crippen LogP contribution is 2.39. The van der Waals surface area contributed by atoms with Gasteiger partial charge in [-0.05, 0) is 41.1 Å². The summed E-state index contributed by atoms with van der Waals surface area (Å²) >= 11 is 6.46. The summed E-state index contributed by atoms with van der Waals surface area (Å²) in [6.45, 7) is 2.37. The molecule has 0 bridgehead atoms. The van der Waals surface area contributed by atoms with E-state index in [9.17, 15) is 5.11 Å². The fourth-order valence-corrected chi connectivity index (χ4v) is 4.02. The Bertz CT molecular complexity index is 827. The highest BCUT2D eigenvalue weighted by atomic mass is 79.9. The van der Waals surface area contributed by atoms with E-state index in [0.717, 1.165) is 21.4 Å². The number of rotatable bonds is 6. The quantitative estimate of drug-likeness (QED) is 0.455. The molecular weight excluding hydrogens is 410 g/mol. The van der Waals surface area contributed by atoms with E-state index in [1.54, 1.807) is 47.6 Å². The van der Waals surface area contributed by atoms with Crippen molar-refractivity contribution < 1.29 is 9.84 Å². The van der Waals surface area contributed by atoms with Crippen molar-refractivity contribution in [3.05, 3.63) is 46.1 Å². The van der Waals surface area contributed by atoms with Crippen LogP contribution in [0, 0.1) is 0 Å². The molecule has 0 unspecified atom stereocenters. The number of thioether (sulfide) groups is 1. The Kier molecular flexibility index (Phi) is 5.70. The summed E-state index contributed by atoms with van der Waals surface area (Å²) in [6, 6.07) is 5.44. The summed E-state index contributed by atoms with van der Waals surface area (Å²) in [5, 5.41) is 13.6. The van der Waals surface area contributed by atoms with Crippen molar-refractivity contribution in [2.45, 2.75) is 17.8 Å². The van der Waals surface area contributed by atoms with Crippen molar-refractivity contribution in [3.8, 4) is 22.1 Å². The number of ether oxygens (including phenoxy) is 1.